The maximum atomic E-state index is 4.58. The fraction of sp³-hybridized carbons (Fsp3) is 0.250. The summed E-state index contributed by atoms with van der Waals surface area (Å²) in [5.41, 5.74) is 4.78. The SMILES string of the molecule is Cc1nc2n(C)c3ccccc3n2c1C. The van der Waals surface area contributed by atoms with Gasteiger partial charge in [0.1, 0.15) is 0 Å². The molecule has 3 heteroatoms. The van der Waals surface area contributed by atoms with E-state index < -0.39 is 0 Å². The Kier molecular flexibility index (Phi) is 1.49. The van der Waals surface area contributed by atoms with Gasteiger partial charge in [-0.05, 0) is 26.0 Å². The lowest BCUT2D eigenvalue weighted by atomic mass is 10.3. The molecule has 2 heterocycles. The number of benzene rings is 1. The second kappa shape index (κ2) is 2.63. The van der Waals surface area contributed by atoms with E-state index in [0.29, 0.717) is 0 Å². The molecule has 0 N–H and O–H groups in total. The van der Waals surface area contributed by atoms with Crippen molar-refractivity contribution in [3.05, 3.63) is 35.7 Å². The molecule has 3 rings (SSSR count). The van der Waals surface area contributed by atoms with Crippen molar-refractivity contribution >= 4 is 16.8 Å². The maximum Gasteiger partial charge on any atom is 0.215 e. The summed E-state index contributed by atoms with van der Waals surface area (Å²) < 4.78 is 4.35. The van der Waals surface area contributed by atoms with Gasteiger partial charge in [-0.15, -0.1) is 0 Å². The van der Waals surface area contributed by atoms with Crippen molar-refractivity contribution in [2.24, 2.45) is 7.05 Å². The lowest BCUT2D eigenvalue weighted by Crippen LogP contribution is -1.88. The van der Waals surface area contributed by atoms with Gasteiger partial charge in [0.2, 0.25) is 5.78 Å². The van der Waals surface area contributed by atoms with Crippen molar-refractivity contribution in [3.8, 4) is 0 Å². The summed E-state index contributed by atoms with van der Waals surface area (Å²) in [5.74, 6) is 1.02. The summed E-state index contributed by atoms with van der Waals surface area (Å²) in [6.45, 7) is 4.17. The minimum absolute atomic E-state index is 1.02. The van der Waals surface area contributed by atoms with E-state index in [9.17, 15) is 0 Å². The first-order chi connectivity index (χ1) is 7.20. The van der Waals surface area contributed by atoms with Gasteiger partial charge in [-0.1, -0.05) is 12.1 Å². The van der Waals surface area contributed by atoms with E-state index in [1.165, 1.54) is 16.7 Å². The van der Waals surface area contributed by atoms with Crippen molar-refractivity contribution in [3.63, 3.8) is 0 Å². The molecule has 76 valence electrons. The average Bonchev–Trinajstić information content (AvgIpc) is 2.68. The number of aryl methyl sites for hydroxylation is 3. The van der Waals surface area contributed by atoms with Crippen LogP contribution in [0.4, 0.5) is 0 Å². The third-order valence-corrected chi connectivity index (χ3v) is 3.11. The molecule has 0 radical (unpaired) electrons. The van der Waals surface area contributed by atoms with E-state index in [1.54, 1.807) is 0 Å². The second-order valence-electron chi connectivity index (χ2n) is 3.97. The smallest absolute Gasteiger partial charge is 0.215 e. The van der Waals surface area contributed by atoms with Crippen LogP contribution in [0.3, 0.4) is 0 Å². The average molecular weight is 199 g/mol. The van der Waals surface area contributed by atoms with Crippen LogP contribution >= 0.6 is 0 Å². The fourth-order valence-electron chi connectivity index (χ4n) is 2.15. The molecule has 0 atom stereocenters. The first kappa shape index (κ1) is 8.53. The number of aromatic nitrogens is 3. The number of fused-ring (bicyclic) bond motifs is 3. The minimum atomic E-state index is 1.02. The minimum Gasteiger partial charge on any atom is -0.313 e. The summed E-state index contributed by atoms with van der Waals surface area (Å²) in [4.78, 5) is 4.58. The number of nitrogens with zero attached hydrogens (tertiary/aromatic N) is 3. The maximum absolute atomic E-state index is 4.58. The lowest BCUT2D eigenvalue weighted by molar-refractivity contribution is 0.965. The van der Waals surface area contributed by atoms with Gasteiger partial charge in [0.15, 0.2) is 0 Å². The molecule has 0 aliphatic rings. The Hall–Kier alpha value is -1.77. The first-order valence-electron chi connectivity index (χ1n) is 5.09. The second-order valence-corrected chi connectivity index (χ2v) is 3.97. The molecule has 1 aromatic carbocycles. The Morgan fingerprint density at radius 3 is 2.47 bits per heavy atom. The van der Waals surface area contributed by atoms with Crippen LogP contribution in [0.1, 0.15) is 11.4 Å². The van der Waals surface area contributed by atoms with Crippen molar-refractivity contribution in [1.29, 1.82) is 0 Å². The fourth-order valence-corrected chi connectivity index (χ4v) is 2.15. The van der Waals surface area contributed by atoms with Crippen LogP contribution in [0.15, 0.2) is 24.3 Å². The molecule has 3 aromatic rings. The van der Waals surface area contributed by atoms with Crippen LogP contribution in [0.25, 0.3) is 16.8 Å². The van der Waals surface area contributed by atoms with E-state index in [0.717, 1.165) is 11.5 Å². The van der Waals surface area contributed by atoms with Gasteiger partial charge < -0.3 is 4.57 Å². The molecule has 0 aliphatic heterocycles. The first-order valence-corrected chi connectivity index (χ1v) is 5.09. The van der Waals surface area contributed by atoms with Gasteiger partial charge in [0.05, 0.1) is 16.7 Å². The highest BCUT2D eigenvalue weighted by Gasteiger charge is 2.12. The molecule has 0 fully saturated rings. The molecular formula is C12H13N3. The van der Waals surface area contributed by atoms with Crippen LogP contribution in [-0.4, -0.2) is 14.0 Å². The van der Waals surface area contributed by atoms with Crippen molar-refractivity contribution < 1.29 is 0 Å². The van der Waals surface area contributed by atoms with Gasteiger partial charge in [-0.3, -0.25) is 4.40 Å². The summed E-state index contributed by atoms with van der Waals surface area (Å²) >= 11 is 0. The molecule has 15 heavy (non-hydrogen) atoms. The van der Waals surface area contributed by atoms with Crippen LogP contribution in [0, 0.1) is 13.8 Å². The van der Waals surface area contributed by atoms with E-state index in [4.69, 9.17) is 0 Å². The number of hydrogen-bond acceptors (Lipinski definition) is 1. The van der Waals surface area contributed by atoms with Gasteiger partial charge in [-0.25, -0.2) is 4.98 Å². The molecular weight excluding hydrogens is 186 g/mol. The molecule has 0 spiro atoms. The highest BCUT2D eigenvalue weighted by Crippen LogP contribution is 2.22. The highest BCUT2D eigenvalue weighted by atomic mass is 15.2. The lowest BCUT2D eigenvalue weighted by Gasteiger charge is -1.94. The van der Waals surface area contributed by atoms with E-state index in [1.807, 2.05) is 0 Å². The molecule has 0 unspecified atom stereocenters. The Morgan fingerprint density at radius 2 is 1.73 bits per heavy atom. The van der Waals surface area contributed by atoms with Crippen LogP contribution in [-0.2, 0) is 7.05 Å². The summed E-state index contributed by atoms with van der Waals surface area (Å²) in [6, 6.07) is 8.38. The Bertz CT molecular complexity index is 658. The van der Waals surface area contributed by atoms with Crippen molar-refractivity contribution in [2.45, 2.75) is 13.8 Å². The highest BCUT2D eigenvalue weighted by molar-refractivity contribution is 5.81. The summed E-state index contributed by atoms with van der Waals surface area (Å²) in [7, 11) is 2.06. The molecule has 0 amide bonds. The third-order valence-electron chi connectivity index (χ3n) is 3.11. The number of imidazole rings is 2. The number of rotatable bonds is 0. The predicted molar refractivity (Wildman–Crippen MR) is 61.1 cm³/mol. The molecule has 0 saturated heterocycles. The molecule has 2 aromatic heterocycles. The third kappa shape index (κ3) is 0.923. The Balaban J connectivity index is 2.68. The van der Waals surface area contributed by atoms with Crippen LogP contribution in [0.2, 0.25) is 0 Å². The quantitative estimate of drug-likeness (QED) is 0.545. The van der Waals surface area contributed by atoms with E-state index >= 15 is 0 Å². The largest absolute Gasteiger partial charge is 0.313 e. The molecule has 0 saturated carbocycles. The van der Waals surface area contributed by atoms with E-state index in [-0.39, 0.29) is 0 Å². The zero-order chi connectivity index (χ0) is 10.6. The number of hydrogen-bond donors (Lipinski definition) is 0. The molecule has 3 nitrogen and oxygen atoms in total. The van der Waals surface area contributed by atoms with Crippen LogP contribution < -0.4 is 0 Å². The van der Waals surface area contributed by atoms with Crippen LogP contribution in [0.5, 0.6) is 0 Å². The van der Waals surface area contributed by atoms with Gasteiger partial charge >= 0.3 is 0 Å². The molecule has 0 aliphatic carbocycles. The zero-order valence-corrected chi connectivity index (χ0v) is 9.15. The Labute approximate surface area is 88.0 Å². The number of para-hydroxylation sites is 2. The van der Waals surface area contributed by atoms with E-state index in [2.05, 4.69) is 59.1 Å². The van der Waals surface area contributed by atoms with Crippen molar-refractivity contribution in [1.82, 2.24) is 14.0 Å². The molecule has 0 bridgehead atoms. The Morgan fingerprint density at radius 1 is 1.07 bits per heavy atom. The summed E-state index contributed by atoms with van der Waals surface area (Å²) in [6.07, 6.45) is 0. The summed E-state index contributed by atoms with van der Waals surface area (Å²) in [5, 5.41) is 0. The monoisotopic (exact) mass is 199 g/mol. The van der Waals surface area contributed by atoms with Crippen molar-refractivity contribution in [2.75, 3.05) is 0 Å². The van der Waals surface area contributed by atoms with Gasteiger partial charge in [0.25, 0.3) is 0 Å². The van der Waals surface area contributed by atoms with Gasteiger partial charge in [0, 0.05) is 12.7 Å². The standard InChI is InChI=1S/C12H13N3/c1-8-9(2)15-11-7-5-4-6-10(11)14(3)12(15)13-8/h4-7H,1-3H3. The predicted octanol–water partition coefficient (Wildman–Crippen LogP) is 2.44. The topological polar surface area (TPSA) is 22.2 Å². The zero-order valence-electron chi connectivity index (χ0n) is 9.15. The normalized spacial score (nSPS) is 11.7. The van der Waals surface area contributed by atoms with Gasteiger partial charge in [-0.2, -0.15) is 0 Å².